The molecule has 1 aromatic rings. The number of benzene rings is 1. The maximum Gasteiger partial charge on any atom is 0.222 e. The van der Waals surface area contributed by atoms with Gasteiger partial charge in [0.1, 0.15) is 0 Å². The van der Waals surface area contributed by atoms with E-state index in [2.05, 4.69) is 17.4 Å². The van der Waals surface area contributed by atoms with Crippen molar-refractivity contribution in [3.63, 3.8) is 0 Å². The average molecular weight is 234 g/mol. The fourth-order valence-electron chi connectivity index (χ4n) is 1.70. The van der Waals surface area contributed by atoms with Gasteiger partial charge in [0.25, 0.3) is 0 Å². The van der Waals surface area contributed by atoms with Crippen LogP contribution in [0.2, 0.25) is 0 Å². The SMILES string of the molecule is CNCCCN(C)C(=O)CCc1ccccc1. The van der Waals surface area contributed by atoms with Gasteiger partial charge < -0.3 is 10.2 Å². The van der Waals surface area contributed by atoms with E-state index in [4.69, 9.17) is 0 Å². The molecule has 0 aromatic heterocycles. The second kappa shape index (κ2) is 7.85. The molecule has 1 rings (SSSR count). The van der Waals surface area contributed by atoms with Crippen LogP contribution in [-0.2, 0) is 11.2 Å². The zero-order valence-corrected chi connectivity index (χ0v) is 10.8. The molecule has 0 aliphatic heterocycles. The summed E-state index contributed by atoms with van der Waals surface area (Å²) in [5, 5.41) is 3.08. The summed E-state index contributed by atoms with van der Waals surface area (Å²) in [6, 6.07) is 10.1. The van der Waals surface area contributed by atoms with E-state index in [-0.39, 0.29) is 5.91 Å². The van der Waals surface area contributed by atoms with Crippen molar-refractivity contribution in [2.24, 2.45) is 0 Å². The summed E-state index contributed by atoms with van der Waals surface area (Å²) in [5.74, 6) is 0.227. The first kappa shape index (κ1) is 13.7. The van der Waals surface area contributed by atoms with Crippen LogP contribution in [0.15, 0.2) is 30.3 Å². The topological polar surface area (TPSA) is 32.3 Å². The lowest BCUT2D eigenvalue weighted by Gasteiger charge is -2.16. The highest BCUT2D eigenvalue weighted by Gasteiger charge is 2.07. The Morgan fingerprint density at radius 1 is 1.29 bits per heavy atom. The minimum atomic E-state index is 0.227. The largest absolute Gasteiger partial charge is 0.346 e. The van der Waals surface area contributed by atoms with Crippen molar-refractivity contribution < 1.29 is 4.79 Å². The lowest BCUT2D eigenvalue weighted by atomic mass is 10.1. The van der Waals surface area contributed by atoms with Gasteiger partial charge in [0.15, 0.2) is 0 Å². The van der Waals surface area contributed by atoms with Crippen molar-refractivity contribution in [3.8, 4) is 0 Å². The molecule has 0 saturated carbocycles. The van der Waals surface area contributed by atoms with E-state index in [1.54, 1.807) is 0 Å². The van der Waals surface area contributed by atoms with Crippen LogP contribution in [0.1, 0.15) is 18.4 Å². The highest BCUT2D eigenvalue weighted by molar-refractivity contribution is 5.76. The van der Waals surface area contributed by atoms with E-state index in [9.17, 15) is 4.79 Å². The summed E-state index contributed by atoms with van der Waals surface area (Å²) in [4.78, 5) is 13.6. The van der Waals surface area contributed by atoms with Gasteiger partial charge in [0.2, 0.25) is 5.91 Å². The van der Waals surface area contributed by atoms with Gasteiger partial charge >= 0.3 is 0 Å². The smallest absolute Gasteiger partial charge is 0.222 e. The summed E-state index contributed by atoms with van der Waals surface area (Å²) in [6.45, 7) is 1.78. The number of nitrogens with zero attached hydrogens (tertiary/aromatic N) is 1. The lowest BCUT2D eigenvalue weighted by molar-refractivity contribution is -0.129. The van der Waals surface area contributed by atoms with Crippen LogP contribution in [0.3, 0.4) is 0 Å². The molecule has 0 aliphatic rings. The fraction of sp³-hybridized carbons (Fsp3) is 0.500. The molecule has 3 heteroatoms. The molecule has 0 bridgehead atoms. The van der Waals surface area contributed by atoms with Crippen molar-refractivity contribution in [1.82, 2.24) is 10.2 Å². The number of hydrogen-bond acceptors (Lipinski definition) is 2. The summed E-state index contributed by atoms with van der Waals surface area (Å²) < 4.78 is 0. The highest BCUT2D eigenvalue weighted by atomic mass is 16.2. The van der Waals surface area contributed by atoms with Crippen LogP contribution in [-0.4, -0.2) is 38.0 Å². The number of carbonyl (C=O) groups is 1. The summed E-state index contributed by atoms with van der Waals surface area (Å²) >= 11 is 0. The fourth-order valence-corrected chi connectivity index (χ4v) is 1.70. The lowest BCUT2D eigenvalue weighted by Crippen LogP contribution is -2.29. The van der Waals surface area contributed by atoms with Crippen LogP contribution >= 0.6 is 0 Å². The van der Waals surface area contributed by atoms with Crippen LogP contribution in [0.5, 0.6) is 0 Å². The molecule has 1 amide bonds. The maximum atomic E-state index is 11.8. The molecular weight excluding hydrogens is 212 g/mol. The second-order valence-corrected chi connectivity index (χ2v) is 4.26. The quantitative estimate of drug-likeness (QED) is 0.728. The third-order valence-corrected chi connectivity index (χ3v) is 2.82. The predicted molar refractivity (Wildman–Crippen MR) is 70.9 cm³/mol. The Balaban J connectivity index is 2.24. The molecule has 1 N–H and O–H groups in total. The van der Waals surface area contributed by atoms with Gasteiger partial charge in [-0.2, -0.15) is 0 Å². The first-order valence-electron chi connectivity index (χ1n) is 6.16. The molecule has 0 unspecified atom stereocenters. The molecule has 3 nitrogen and oxygen atoms in total. The van der Waals surface area contributed by atoms with Gasteiger partial charge in [0, 0.05) is 20.0 Å². The second-order valence-electron chi connectivity index (χ2n) is 4.26. The van der Waals surface area contributed by atoms with Crippen molar-refractivity contribution in [3.05, 3.63) is 35.9 Å². The summed E-state index contributed by atoms with van der Waals surface area (Å²) in [5.41, 5.74) is 1.23. The molecule has 0 radical (unpaired) electrons. The third kappa shape index (κ3) is 5.50. The van der Waals surface area contributed by atoms with Crippen LogP contribution in [0.25, 0.3) is 0 Å². The summed E-state index contributed by atoms with van der Waals surface area (Å²) in [6.07, 6.45) is 2.43. The number of carbonyl (C=O) groups excluding carboxylic acids is 1. The summed E-state index contributed by atoms with van der Waals surface area (Å²) in [7, 11) is 3.81. The maximum absolute atomic E-state index is 11.8. The monoisotopic (exact) mass is 234 g/mol. The average Bonchev–Trinajstić information content (AvgIpc) is 2.37. The molecule has 0 saturated heterocycles. The van der Waals surface area contributed by atoms with Crippen molar-refractivity contribution in [2.45, 2.75) is 19.3 Å². The van der Waals surface area contributed by atoms with Gasteiger partial charge in [-0.1, -0.05) is 30.3 Å². The van der Waals surface area contributed by atoms with E-state index in [1.807, 2.05) is 37.2 Å². The zero-order valence-electron chi connectivity index (χ0n) is 10.8. The third-order valence-electron chi connectivity index (χ3n) is 2.82. The highest BCUT2D eigenvalue weighted by Crippen LogP contribution is 2.04. The van der Waals surface area contributed by atoms with E-state index < -0.39 is 0 Å². The number of nitrogens with one attached hydrogen (secondary N) is 1. The van der Waals surface area contributed by atoms with Gasteiger partial charge in [-0.3, -0.25) is 4.79 Å². The standard InChI is InChI=1S/C14H22N2O/c1-15-11-6-12-16(2)14(17)10-9-13-7-4-3-5-8-13/h3-5,7-8,15H,6,9-12H2,1-2H3. The Labute approximate surface area is 104 Å². The molecular formula is C14H22N2O. The molecule has 1 aromatic carbocycles. The first-order valence-corrected chi connectivity index (χ1v) is 6.16. The van der Waals surface area contributed by atoms with E-state index in [1.165, 1.54) is 5.56 Å². The number of hydrogen-bond donors (Lipinski definition) is 1. The Hall–Kier alpha value is -1.35. The van der Waals surface area contributed by atoms with Crippen LogP contribution < -0.4 is 5.32 Å². The number of amides is 1. The minimum Gasteiger partial charge on any atom is -0.346 e. The molecule has 94 valence electrons. The zero-order chi connectivity index (χ0) is 12.5. The van der Waals surface area contributed by atoms with E-state index >= 15 is 0 Å². The molecule has 17 heavy (non-hydrogen) atoms. The number of rotatable bonds is 7. The molecule has 0 fully saturated rings. The Kier molecular flexibility index (Phi) is 6.33. The van der Waals surface area contributed by atoms with Gasteiger partial charge in [-0.05, 0) is 32.0 Å². The number of aryl methyl sites for hydroxylation is 1. The van der Waals surface area contributed by atoms with E-state index in [0.717, 1.165) is 25.9 Å². The van der Waals surface area contributed by atoms with Crippen molar-refractivity contribution >= 4 is 5.91 Å². The van der Waals surface area contributed by atoms with Gasteiger partial charge in [0.05, 0.1) is 0 Å². The van der Waals surface area contributed by atoms with Crippen molar-refractivity contribution in [2.75, 3.05) is 27.2 Å². The normalized spacial score (nSPS) is 10.2. The Morgan fingerprint density at radius 2 is 2.00 bits per heavy atom. The molecule has 0 heterocycles. The van der Waals surface area contributed by atoms with Gasteiger partial charge in [-0.15, -0.1) is 0 Å². The van der Waals surface area contributed by atoms with Crippen LogP contribution in [0, 0.1) is 0 Å². The van der Waals surface area contributed by atoms with E-state index in [0.29, 0.717) is 6.42 Å². The molecule has 0 atom stereocenters. The van der Waals surface area contributed by atoms with Gasteiger partial charge in [-0.25, -0.2) is 0 Å². The predicted octanol–water partition coefficient (Wildman–Crippen LogP) is 1.69. The Morgan fingerprint density at radius 3 is 2.65 bits per heavy atom. The Bertz CT molecular complexity index is 324. The first-order chi connectivity index (χ1) is 8.24. The van der Waals surface area contributed by atoms with Crippen LogP contribution in [0.4, 0.5) is 0 Å². The molecule has 0 spiro atoms. The van der Waals surface area contributed by atoms with Crippen molar-refractivity contribution in [1.29, 1.82) is 0 Å². The molecule has 0 aliphatic carbocycles. The minimum absolute atomic E-state index is 0.227.